The summed E-state index contributed by atoms with van der Waals surface area (Å²) in [5.41, 5.74) is 2.61. The van der Waals surface area contributed by atoms with Crippen LogP contribution in [-0.2, 0) is 16.1 Å². The van der Waals surface area contributed by atoms with E-state index in [1.807, 2.05) is 51.1 Å². The molecule has 3 aromatic rings. The van der Waals surface area contributed by atoms with Crippen molar-refractivity contribution in [2.45, 2.75) is 39.9 Å². The van der Waals surface area contributed by atoms with Gasteiger partial charge in [0.05, 0.1) is 0 Å². The van der Waals surface area contributed by atoms with E-state index in [-0.39, 0.29) is 6.61 Å². The number of para-hydroxylation sites is 1. The second-order valence-electron chi connectivity index (χ2n) is 6.41. The summed E-state index contributed by atoms with van der Waals surface area (Å²) in [5.74, 6) is 0.143. The van der Waals surface area contributed by atoms with Crippen molar-refractivity contribution in [2.24, 2.45) is 0 Å². The molecule has 0 N–H and O–H groups in total. The van der Waals surface area contributed by atoms with Crippen LogP contribution >= 0.6 is 0 Å². The van der Waals surface area contributed by atoms with Crippen molar-refractivity contribution in [2.75, 3.05) is 0 Å². The first kappa shape index (κ1) is 18.7. The smallest absolute Gasteiger partial charge is 0.347 e. The van der Waals surface area contributed by atoms with Crippen molar-refractivity contribution in [1.29, 1.82) is 0 Å². The minimum absolute atomic E-state index is 0.0158. The topological polar surface area (TPSA) is 65.7 Å². The molecule has 27 heavy (non-hydrogen) atoms. The summed E-state index contributed by atoms with van der Waals surface area (Å²) in [7, 11) is 0. The average Bonchev–Trinajstić information content (AvgIpc) is 2.68. The minimum Gasteiger partial charge on any atom is -0.479 e. The lowest BCUT2D eigenvalue weighted by Gasteiger charge is -2.17. The zero-order valence-corrected chi connectivity index (χ0v) is 15.7. The van der Waals surface area contributed by atoms with Crippen molar-refractivity contribution in [3.05, 3.63) is 75.6 Å². The van der Waals surface area contributed by atoms with E-state index in [0.717, 1.165) is 16.5 Å². The molecule has 0 fully saturated rings. The molecule has 0 bridgehead atoms. The fourth-order valence-electron chi connectivity index (χ4n) is 2.85. The van der Waals surface area contributed by atoms with Crippen LogP contribution in [-0.4, -0.2) is 12.1 Å². The molecule has 0 radical (unpaired) electrons. The number of aryl methyl sites for hydroxylation is 2. The zero-order chi connectivity index (χ0) is 19.4. The molecule has 0 aliphatic heterocycles. The zero-order valence-electron chi connectivity index (χ0n) is 15.7. The number of hydrogen-bond donors (Lipinski definition) is 0. The number of carbonyl (C=O) groups is 1. The molecule has 5 heteroatoms. The van der Waals surface area contributed by atoms with Crippen LogP contribution in [0.5, 0.6) is 5.75 Å². The van der Waals surface area contributed by atoms with Gasteiger partial charge in [-0.2, -0.15) is 0 Å². The summed E-state index contributed by atoms with van der Waals surface area (Å²) < 4.78 is 16.5. The Balaban J connectivity index is 1.78. The van der Waals surface area contributed by atoms with Gasteiger partial charge in [-0.25, -0.2) is 9.59 Å². The Hall–Kier alpha value is -3.08. The largest absolute Gasteiger partial charge is 0.479 e. The van der Waals surface area contributed by atoms with Gasteiger partial charge in [-0.15, -0.1) is 0 Å². The Morgan fingerprint density at radius 2 is 1.85 bits per heavy atom. The fraction of sp³-hybridized carbons (Fsp3) is 0.273. The normalized spacial score (nSPS) is 12.0. The van der Waals surface area contributed by atoms with Crippen LogP contribution in [0, 0.1) is 13.8 Å². The molecule has 0 saturated carbocycles. The van der Waals surface area contributed by atoms with E-state index in [4.69, 9.17) is 13.9 Å². The summed E-state index contributed by atoms with van der Waals surface area (Å²) in [4.78, 5) is 24.4. The molecule has 0 saturated heterocycles. The lowest BCUT2D eigenvalue weighted by molar-refractivity contribution is -0.153. The summed E-state index contributed by atoms with van der Waals surface area (Å²) in [5, 5.41) is 0.766. The maximum atomic E-state index is 12.4. The quantitative estimate of drug-likeness (QED) is 0.480. The first-order valence-electron chi connectivity index (χ1n) is 8.91. The SMILES string of the molecule is CC[C@H](Oc1ccccc1)C(=O)OCc1cc(=O)oc2c(C)c(C)ccc12. The predicted octanol–water partition coefficient (Wildman–Crippen LogP) is 4.31. The Morgan fingerprint density at radius 1 is 1.11 bits per heavy atom. The fourth-order valence-corrected chi connectivity index (χ4v) is 2.85. The average molecular weight is 366 g/mol. The monoisotopic (exact) mass is 366 g/mol. The molecule has 2 aromatic carbocycles. The number of ether oxygens (including phenoxy) is 2. The molecular formula is C22H22O5. The van der Waals surface area contributed by atoms with Gasteiger partial charge in [0.1, 0.15) is 17.9 Å². The molecule has 0 aliphatic carbocycles. The first-order chi connectivity index (χ1) is 13.0. The van der Waals surface area contributed by atoms with Gasteiger partial charge < -0.3 is 13.9 Å². The molecule has 0 unspecified atom stereocenters. The van der Waals surface area contributed by atoms with Crippen LogP contribution in [0.15, 0.2) is 57.7 Å². The summed E-state index contributed by atoms with van der Waals surface area (Å²) >= 11 is 0. The Labute approximate surface area is 157 Å². The maximum absolute atomic E-state index is 12.4. The standard InChI is InChI=1S/C22H22O5/c1-4-19(26-17-8-6-5-7-9-17)22(24)25-13-16-12-20(23)27-21-15(3)14(2)10-11-18(16)21/h5-12,19H,4,13H2,1-3H3/t19-/m0/s1. The van der Waals surface area contributed by atoms with Crippen molar-refractivity contribution in [1.82, 2.24) is 0 Å². The molecule has 140 valence electrons. The minimum atomic E-state index is -0.706. The third kappa shape index (κ3) is 4.19. The Morgan fingerprint density at radius 3 is 2.56 bits per heavy atom. The van der Waals surface area contributed by atoms with E-state index >= 15 is 0 Å². The number of hydrogen-bond acceptors (Lipinski definition) is 5. The highest BCUT2D eigenvalue weighted by atomic mass is 16.6. The van der Waals surface area contributed by atoms with Gasteiger partial charge in [-0.1, -0.05) is 37.3 Å². The molecule has 5 nitrogen and oxygen atoms in total. The maximum Gasteiger partial charge on any atom is 0.347 e. The molecule has 0 spiro atoms. The third-order valence-corrected chi connectivity index (χ3v) is 4.54. The van der Waals surface area contributed by atoms with Crippen molar-refractivity contribution in [3.63, 3.8) is 0 Å². The molecular weight excluding hydrogens is 344 g/mol. The number of esters is 1. The van der Waals surface area contributed by atoms with Gasteiger partial charge in [0.15, 0.2) is 6.10 Å². The van der Waals surface area contributed by atoms with E-state index in [1.54, 1.807) is 12.1 Å². The summed E-state index contributed by atoms with van der Waals surface area (Å²) in [6.45, 7) is 5.69. The Kier molecular flexibility index (Phi) is 5.60. The first-order valence-corrected chi connectivity index (χ1v) is 8.91. The summed E-state index contributed by atoms with van der Waals surface area (Å²) in [6, 6.07) is 14.3. The van der Waals surface area contributed by atoms with Gasteiger partial charge in [-0.05, 0) is 43.5 Å². The van der Waals surface area contributed by atoms with Crippen LogP contribution in [0.3, 0.4) is 0 Å². The van der Waals surface area contributed by atoms with Crippen molar-refractivity contribution in [3.8, 4) is 5.75 Å². The van der Waals surface area contributed by atoms with Crippen LogP contribution < -0.4 is 10.4 Å². The van der Waals surface area contributed by atoms with Gasteiger partial charge >= 0.3 is 11.6 Å². The number of benzene rings is 2. The van der Waals surface area contributed by atoms with E-state index in [1.165, 1.54) is 6.07 Å². The second-order valence-corrected chi connectivity index (χ2v) is 6.41. The third-order valence-electron chi connectivity index (χ3n) is 4.54. The van der Waals surface area contributed by atoms with Crippen LogP contribution in [0.1, 0.15) is 30.0 Å². The molecule has 1 aromatic heterocycles. The van der Waals surface area contributed by atoms with E-state index in [0.29, 0.717) is 23.3 Å². The van der Waals surface area contributed by atoms with Crippen LogP contribution in [0.2, 0.25) is 0 Å². The van der Waals surface area contributed by atoms with Gasteiger partial charge in [0.2, 0.25) is 0 Å². The van der Waals surface area contributed by atoms with Gasteiger partial charge in [0, 0.05) is 17.0 Å². The van der Waals surface area contributed by atoms with Crippen LogP contribution in [0.25, 0.3) is 11.0 Å². The highest BCUT2D eigenvalue weighted by Crippen LogP contribution is 2.24. The van der Waals surface area contributed by atoms with E-state index < -0.39 is 17.7 Å². The molecule has 0 aliphatic rings. The van der Waals surface area contributed by atoms with E-state index in [2.05, 4.69) is 0 Å². The molecule has 1 atom stereocenters. The predicted molar refractivity (Wildman–Crippen MR) is 103 cm³/mol. The van der Waals surface area contributed by atoms with Gasteiger partial charge in [-0.3, -0.25) is 0 Å². The molecule has 3 rings (SSSR count). The van der Waals surface area contributed by atoms with Crippen molar-refractivity contribution < 1.29 is 18.7 Å². The highest BCUT2D eigenvalue weighted by molar-refractivity contribution is 5.84. The molecule has 0 amide bonds. The Bertz CT molecular complexity index is 1000. The number of carbonyl (C=O) groups excluding carboxylic acids is 1. The van der Waals surface area contributed by atoms with Crippen LogP contribution in [0.4, 0.5) is 0 Å². The number of rotatable bonds is 6. The lowest BCUT2D eigenvalue weighted by atomic mass is 10.0. The second kappa shape index (κ2) is 8.08. The van der Waals surface area contributed by atoms with E-state index in [9.17, 15) is 9.59 Å². The lowest BCUT2D eigenvalue weighted by Crippen LogP contribution is -2.28. The number of fused-ring (bicyclic) bond motifs is 1. The van der Waals surface area contributed by atoms with Crippen molar-refractivity contribution >= 4 is 16.9 Å². The molecule has 1 heterocycles. The highest BCUT2D eigenvalue weighted by Gasteiger charge is 2.21. The summed E-state index contributed by atoms with van der Waals surface area (Å²) in [6.07, 6.45) is -0.230. The van der Waals surface area contributed by atoms with Gasteiger partial charge in [0.25, 0.3) is 0 Å².